The molecule has 0 spiro atoms. The summed E-state index contributed by atoms with van der Waals surface area (Å²) in [5.74, 6) is -0.170. The molecule has 0 radical (unpaired) electrons. The minimum Gasteiger partial charge on any atom is -0.311 e. The van der Waals surface area contributed by atoms with Crippen molar-refractivity contribution in [2.24, 2.45) is 0 Å². The molecule has 1 saturated heterocycles. The molecular formula is C16H24BrFN2. The Hall–Kier alpha value is -0.450. The van der Waals surface area contributed by atoms with Gasteiger partial charge in [-0.15, -0.1) is 0 Å². The standard InChI is InChI=1S/C16H24BrFN2/c1-3-6-14-9-19-13(4-2)11-20(14)10-12-7-5-8-15(18)16(12)17/h5,7-8,13-14,19H,3-4,6,9-11H2,1-2H3. The molecule has 0 aliphatic carbocycles. The predicted molar refractivity (Wildman–Crippen MR) is 85.3 cm³/mol. The first-order chi connectivity index (χ1) is 9.65. The number of piperazine rings is 1. The summed E-state index contributed by atoms with van der Waals surface area (Å²) in [6.07, 6.45) is 3.51. The van der Waals surface area contributed by atoms with Crippen LogP contribution in [0, 0.1) is 5.82 Å². The molecule has 1 aliphatic heterocycles. The Bertz CT molecular complexity index is 438. The number of hydrogen-bond donors (Lipinski definition) is 1. The van der Waals surface area contributed by atoms with Gasteiger partial charge in [0.15, 0.2) is 0 Å². The van der Waals surface area contributed by atoms with Crippen molar-refractivity contribution >= 4 is 15.9 Å². The monoisotopic (exact) mass is 342 g/mol. The van der Waals surface area contributed by atoms with Crippen LogP contribution in [0.25, 0.3) is 0 Å². The molecule has 1 aromatic rings. The maximum absolute atomic E-state index is 13.6. The number of halogens is 2. The van der Waals surface area contributed by atoms with Crippen molar-refractivity contribution in [1.82, 2.24) is 10.2 Å². The summed E-state index contributed by atoms with van der Waals surface area (Å²) in [6, 6.07) is 6.42. The normalized spacial score (nSPS) is 24.0. The second-order valence-corrected chi connectivity index (χ2v) is 6.39. The summed E-state index contributed by atoms with van der Waals surface area (Å²) in [7, 11) is 0. The molecule has 112 valence electrons. The Morgan fingerprint density at radius 2 is 2.20 bits per heavy atom. The molecule has 1 aliphatic rings. The van der Waals surface area contributed by atoms with E-state index in [1.165, 1.54) is 18.9 Å². The van der Waals surface area contributed by atoms with Gasteiger partial charge in [0, 0.05) is 31.7 Å². The van der Waals surface area contributed by atoms with Crippen LogP contribution < -0.4 is 5.32 Å². The average Bonchev–Trinajstić information content (AvgIpc) is 2.46. The predicted octanol–water partition coefficient (Wildman–Crippen LogP) is 3.94. The van der Waals surface area contributed by atoms with Crippen molar-refractivity contribution in [3.8, 4) is 0 Å². The van der Waals surface area contributed by atoms with E-state index >= 15 is 0 Å². The van der Waals surface area contributed by atoms with E-state index in [0.29, 0.717) is 16.6 Å². The van der Waals surface area contributed by atoms with Crippen molar-refractivity contribution in [2.75, 3.05) is 13.1 Å². The van der Waals surface area contributed by atoms with Crippen molar-refractivity contribution in [1.29, 1.82) is 0 Å². The van der Waals surface area contributed by atoms with Gasteiger partial charge in [-0.1, -0.05) is 32.4 Å². The third-order valence-corrected chi connectivity index (χ3v) is 5.02. The molecule has 2 rings (SSSR count). The molecule has 1 N–H and O–H groups in total. The zero-order valence-corrected chi connectivity index (χ0v) is 13.9. The highest BCUT2D eigenvalue weighted by molar-refractivity contribution is 9.10. The van der Waals surface area contributed by atoms with Gasteiger partial charge < -0.3 is 5.32 Å². The molecule has 2 atom stereocenters. The van der Waals surface area contributed by atoms with Crippen LogP contribution >= 0.6 is 15.9 Å². The zero-order valence-electron chi connectivity index (χ0n) is 12.3. The Morgan fingerprint density at radius 1 is 1.40 bits per heavy atom. The molecule has 1 aromatic carbocycles. The van der Waals surface area contributed by atoms with E-state index < -0.39 is 0 Å². The maximum Gasteiger partial charge on any atom is 0.137 e. The van der Waals surface area contributed by atoms with Crippen LogP contribution in [-0.2, 0) is 6.54 Å². The highest BCUT2D eigenvalue weighted by Gasteiger charge is 2.26. The quantitative estimate of drug-likeness (QED) is 0.871. The molecule has 1 fully saturated rings. The summed E-state index contributed by atoms with van der Waals surface area (Å²) in [5, 5.41) is 3.62. The van der Waals surface area contributed by atoms with Crippen molar-refractivity contribution in [2.45, 2.75) is 51.7 Å². The minimum absolute atomic E-state index is 0.170. The fourth-order valence-corrected chi connectivity index (χ4v) is 3.29. The van der Waals surface area contributed by atoms with Crippen LogP contribution in [0.4, 0.5) is 4.39 Å². The van der Waals surface area contributed by atoms with Crippen LogP contribution in [0.2, 0.25) is 0 Å². The molecule has 20 heavy (non-hydrogen) atoms. The van der Waals surface area contributed by atoms with Gasteiger partial charge in [-0.25, -0.2) is 4.39 Å². The van der Waals surface area contributed by atoms with Crippen molar-refractivity contribution < 1.29 is 4.39 Å². The van der Waals surface area contributed by atoms with Crippen LogP contribution in [0.5, 0.6) is 0 Å². The van der Waals surface area contributed by atoms with Gasteiger partial charge in [-0.05, 0) is 40.4 Å². The fraction of sp³-hybridized carbons (Fsp3) is 0.625. The molecular weight excluding hydrogens is 319 g/mol. The molecule has 0 aromatic heterocycles. The van der Waals surface area contributed by atoms with Crippen LogP contribution in [0.1, 0.15) is 38.7 Å². The number of rotatable bonds is 5. The first kappa shape index (κ1) is 15.9. The van der Waals surface area contributed by atoms with E-state index in [2.05, 4.69) is 40.0 Å². The van der Waals surface area contributed by atoms with E-state index in [9.17, 15) is 4.39 Å². The minimum atomic E-state index is -0.170. The summed E-state index contributed by atoms with van der Waals surface area (Å²) in [5.41, 5.74) is 1.04. The molecule has 0 amide bonds. The average molecular weight is 343 g/mol. The highest BCUT2D eigenvalue weighted by Crippen LogP contribution is 2.24. The van der Waals surface area contributed by atoms with Gasteiger partial charge in [0.1, 0.15) is 5.82 Å². The summed E-state index contributed by atoms with van der Waals surface area (Å²) in [4.78, 5) is 2.51. The number of benzene rings is 1. The SMILES string of the molecule is CCCC1CNC(CC)CN1Cc1cccc(F)c1Br. The number of hydrogen-bond acceptors (Lipinski definition) is 2. The maximum atomic E-state index is 13.6. The van der Waals surface area contributed by atoms with E-state index in [1.54, 1.807) is 6.07 Å². The first-order valence-electron chi connectivity index (χ1n) is 7.56. The second-order valence-electron chi connectivity index (χ2n) is 5.60. The molecule has 0 saturated carbocycles. The zero-order chi connectivity index (χ0) is 14.5. The highest BCUT2D eigenvalue weighted by atomic mass is 79.9. The van der Waals surface area contributed by atoms with Crippen molar-refractivity contribution in [3.63, 3.8) is 0 Å². The van der Waals surface area contributed by atoms with Gasteiger partial charge in [0.2, 0.25) is 0 Å². The number of nitrogens with zero attached hydrogens (tertiary/aromatic N) is 1. The summed E-state index contributed by atoms with van der Waals surface area (Å²) in [6.45, 7) is 7.35. The third-order valence-electron chi connectivity index (χ3n) is 4.13. The number of nitrogens with one attached hydrogen (secondary N) is 1. The van der Waals surface area contributed by atoms with Crippen LogP contribution in [0.15, 0.2) is 22.7 Å². The molecule has 2 unspecified atom stereocenters. The second kappa shape index (κ2) is 7.53. The molecule has 4 heteroatoms. The van der Waals surface area contributed by atoms with Gasteiger partial charge >= 0.3 is 0 Å². The lowest BCUT2D eigenvalue weighted by atomic mass is 10.0. The Labute approximate surface area is 129 Å². The van der Waals surface area contributed by atoms with Gasteiger partial charge in [0.25, 0.3) is 0 Å². The molecule has 1 heterocycles. The third kappa shape index (κ3) is 3.80. The molecule has 2 nitrogen and oxygen atoms in total. The van der Waals surface area contributed by atoms with Gasteiger partial charge in [-0.2, -0.15) is 0 Å². The van der Waals surface area contributed by atoms with E-state index in [4.69, 9.17) is 0 Å². The van der Waals surface area contributed by atoms with Crippen molar-refractivity contribution in [3.05, 3.63) is 34.1 Å². The Balaban J connectivity index is 2.12. The van der Waals surface area contributed by atoms with Gasteiger partial charge in [-0.3, -0.25) is 4.90 Å². The topological polar surface area (TPSA) is 15.3 Å². The van der Waals surface area contributed by atoms with E-state index in [0.717, 1.165) is 31.6 Å². The Kier molecular flexibility index (Phi) is 6.00. The first-order valence-corrected chi connectivity index (χ1v) is 8.35. The van der Waals surface area contributed by atoms with E-state index in [1.807, 2.05) is 6.07 Å². The smallest absolute Gasteiger partial charge is 0.137 e. The van der Waals surface area contributed by atoms with Crippen LogP contribution in [-0.4, -0.2) is 30.1 Å². The lowest BCUT2D eigenvalue weighted by Gasteiger charge is -2.40. The summed E-state index contributed by atoms with van der Waals surface area (Å²) >= 11 is 3.38. The van der Waals surface area contributed by atoms with Crippen LogP contribution in [0.3, 0.4) is 0 Å². The van der Waals surface area contributed by atoms with Gasteiger partial charge in [0.05, 0.1) is 4.47 Å². The largest absolute Gasteiger partial charge is 0.311 e. The molecule has 0 bridgehead atoms. The lowest BCUT2D eigenvalue weighted by molar-refractivity contribution is 0.113. The van der Waals surface area contributed by atoms with E-state index in [-0.39, 0.29) is 5.82 Å². The lowest BCUT2D eigenvalue weighted by Crippen LogP contribution is -2.55. The fourth-order valence-electron chi connectivity index (χ4n) is 2.90. The Morgan fingerprint density at radius 3 is 2.90 bits per heavy atom. The summed E-state index contributed by atoms with van der Waals surface area (Å²) < 4.78 is 14.3.